The number of carbonyl (C=O) groups excluding carboxylic acids is 1. The first-order valence-corrected chi connectivity index (χ1v) is 10.2. The topological polar surface area (TPSA) is 86.4 Å². The van der Waals surface area contributed by atoms with Gasteiger partial charge in [0.1, 0.15) is 17.9 Å². The van der Waals surface area contributed by atoms with Crippen LogP contribution in [-0.4, -0.2) is 21.9 Å². The summed E-state index contributed by atoms with van der Waals surface area (Å²) in [4.78, 5) is 12.5. The number of ketones is 1. The maximum absolute atomic E-state index is 14.6. The van der Waals surface area contributed by atoms with Gasteiger partial charge in [0.2, 0.25) is 0 Å². The SMILES string of the molecule is C[C@H](Oc1cc(-n2nc(C#N)c3c2C(=O)CCC3)ccc1F)c1ccc2c(c1)OC(F)(F)O2. The predicted octanol–water partition coefficient (Wildman–Crippen LogP) is 4.86. The molecule has 0 bridgehead atoms. The molecule has 0 radical (unpaired) electrons. The second-order valence-electron chi connectivity index (χ2n) is 7.72. The van der Waals surface area contributed by atoms with Crippen molar-refractivity contribution in [3.8, 4) is 29.0 Å². The summed E-state index contributed by atoms with van der Waals surface area (Å²) in [6, 6.07) is 10.2. The average Bonchev–Trinajstić information content (AvgIpc) is 3.31. The van der Waals surface area contributed by atoms with Crippen LogP contribution in [0.2, 0.25) is 0 Å². The predicted molar refractivity (Wildman–Crippen MR) is 107 cm³/mol. The van der Waals surface area contributed by atoms with Gasteiger partial charge in [-0.25, -0.2) is 9.07 Å². The van der Waals surface area contributed by atoms with Crippen molar-refractivity contribution in [2.24, 2.45) is 0 Å². The molecule has 0 amide bonds. The molecule has 2 aliphatic rings. The minimum Gasteiger partial charge on any atom is -0.483 e. The van der Waals surface area contributed by atoms with Crippen LogP contribution in [-0.2, 0) is 6.42 Å². The van der Waals surface area contributed by atoms with E-state index in [1.165, 1.54) is 41.1 Å². The third-order valence-electron chi connectivity index (χ3n) is 5.54. The van der Waals surface area contributed by atoms with E-state index in [1.54, 1.807) is 6.92 Å². The number of alkyl halides is 2. The fourth-order valence-electron chi connectivity index (χ4n) is 3.99. The monoisotopic (exact) mass is 455 g/mol. The van der Waals surface area contributed by atoms with Crippen LogP contribution >= 0.6 is 0 Å². The van der Waals surface area contributed by atoms with Gasteiger partial charge < -0.3 is 14.2 Å². The molecule has 0 unspecified atom stereocenters. The molecule has 1 aromatic heterocycles. The molecule has 0 saturated heterocycles. The Bertz CT molecular complexity index is 1330. The van der Waals surface area contributed by atoms with E-state index in [1.807, 2.05) is 6.07 Å². The summed E-state index contributed by atoms with van der Waals surface area (Å²) in [5.41, 5.74) is 1.89. The quantitative estimate of drug-likeness (QED) is 0.558. The highest BCUT2D eigenvalue weighted by Crippen LogP contribution is 2.42. The van der Waals surface area contributed by atoms with Crippen LogP contribution < -0.4 is 14.2 Å². The minimum absolute atomic E-state index is 0.106. The van der Waals surface area contributed by atoms with Gasteiger partial charge >= 0.3 is 6.29 Å². The second-order valence-corrected chi connectivity index (χ2v) is 7.72. The van der Waals surface area contributed by atoms with Gasteiger partial charge in [0.15, 0.2) is 34.5 Å². The molecular formula is C23H16F3N3O4. The molecule has 2 aromatic carbocycles. The smallest absolute Gasteiger partial charge is 0.483 e. The lowest BCUT2D eigenvalue weighted by Gasteiger charge is -2.17. The summed E-state index contributed by atoms with van der Waals surface area (Å²) >= 11 is 0. The van der Waals surface area contributed by atoms with Gasteiger partial charge in [-0.05, 0) is 49.6 Å². The van der Waals surface area contributed by atoms with Gasteiger partial charge in [-0.2, -0.15) is 10.4 Å². The van der Waals surface area contributed by atoms with Gasteiger partial charge in [0, 0.05) is 18.1 Å². The van der Waals surface area contributed by atoms with Crippen LogP contribution in [0.15, 0.2) is 36.4 Å². The molecule has 1 atom stereocenters. The number of hydrogen-bond acceptors (Lipinski definition) is 6. The number of benzene rings is 2. The number of Topliss-reactive ketones (excluding diaryl/α,β-unsaturated/α-hetero) is 1. The van der Waals surface area contributed by atoms with E-state index in [4.69, 9.17) is 4.74 Å². The molecule has 5 rings (SSSR count). The Morgan fingerprint density at radius 3 is 2.76 bits per heavy atom. The van der Waals surface area contributed by atoms with Gasteiger partial charge in [0.25, 0.3) is 0 Å². The first-order valence-electron chi connectivity index (χ1n) is 10.2. The van der Waals surface area contributed by atoms with Crippen molar-refractivity contribution in [1.29, 1.82) is 5.26 Å². The fraction of sp³-hybridized carbons (Fsp3) is 0.261. The summed E-state index contributed by atoms with van der Waals surface area (Å²) in [6.07, 6.45) is -2.93. The lowest BCUT2D eigenvalue weighted by atomic mass is 9.95. The molecule has 33 heavy (non-hydrogen) atoms. The van der Waals surface area contributed by atoms with E-state index in [-0.39, 0.29) is 28.7 Å². The molecule has 0 spiro atoms. The molecule has 7 nitrogen and oxygen atoms in total. The molecule has 168 valence electrons. The van der Waals surface area contributed by atoms with Crippen LogP contribution in [0.5, 0.6) is 17.2 Å². The standard InChI is InChI=1S/C23H16F3N3O4/c1-12(13-5-8-19-21(9-13)33-23(25,26)32-19)31-20-10-14(6-7-16(20)24)29-22-15(17(11-27)28-29)3-2-4-18(22)30/h5-10,12H,2-4H2,1H3/t12-/m0/s1. The number of aromatic nitrogens is 2. The van der Waals surface area contributed by atoms with Crippen LogP contribution in [0.4, 0.5) is 13.2 Å². The van der Waals surface area contributed by atoms with Gasteiger partial charge in [0.05, 0.1) is 5.69 Å². The zero-order chi connectivity index (χ0) is 23.3. The summed E-state index contributed by atoms with van der Waals surface area (Å²) in [5.74, 6) is -1.18. The zero-order valence-corrected chi connectivity index (χ0v) is 17.3. The van der Waals surface area contributed by atoms with Gasteiger partial charge in [-0.3, -0.25) is 4.79 Å². The molecule has 0 fully saturated rings. The van der Waals surface area contributed by atoms with Crippen molar-refractivity contribution in [2.45, 2.75) is 38.6 Å². The largest absolute Gasteiger partial charge is 0.586 e. The number of hydrogen-bond donors (Lipinski definition) is 0. The zero-order valence-electron chi connectivity index (χ0n) is 17.3. The molecule has 10 heteroatoms. The van der Waals surface area contributed by atoms with Crippen molar-refractivity contribution in [1.82, 2.24) is 9.78 Å². The summed E-state index contributed by atoms with van der Waals surface area (Å²) < 4.78 is 57.0. The van der Waals surface area contributed by atoms with Crippen LogP contribution in [0.1, 0.15) is 53.2 Å². The number of carbonyl (C=O) groups is 1. The Morgan fingerprint density at radius 2 is 1.97 bits per heavy atom. The second kappa shape index (κ2) is 7.55. The van der Waals surface area contributed by atoms with Crippen LogP contribution in [0, 0.1) is 17.1 Å². The highest BCUT2D eigenvalue weighted by molar-refractivity contribution is 5.98. The Balaban J connectivity index is 1.46. The number of rotatable bonds is 4. The van der Waals surface area contributed by atoms with E-state index in [2.05, 4.69) is 14.6 Å². The Kier molecular flexibility index (Phi) is 4.78. The normalized spacial score (nSPS) is 16.8. The maximum atomic E-state index is 14.6. The highest BCUT2D eigenvalue weighted by Gasteiger charge is 2.43. The third-order valence-corrected chi connectivity index (χ3v) is 5.54. The number of nitriles is 1. The first kappa shape index (κ1) is 20.9. The molecule has 3 aromatic rings. The van der Waals surface area contributed by atoms with Gasteiger partial charge in [-0.1, -0.05) is 6.07 Å². The Labute approximate surface area is 185 Å². The fourth-order valence-corrected chi connectivity index (χ4v) is 3.99. The molecule has 1 aliphatic carbocycles. The maximum Gasteiger partial charge on any atom is 0.586 e. The van der Waals surface area contributed by atoms with Crippen molar-refractivity contribution >= 4 is 5.78 Å². The number of nitrogens with zero attached hydrogens (tertiary/aromatic N) is 3. The summed E-state index contributed by atoms with van der Waals surface area (Å²) in [6.45, 7) is 1.62. The first-order chi connectivity index (χ1) is 15.8. The van der Waals surface area contributed by atoms with Crippen molar-refractivity contribution in [2.75, 3.05) is 0 Å². The van der Waals surface area contributed by atoms with E-state index >= 15 is 0 Å². The summed E-state index contributed by atoms with van der Waals surface area (Å²) in [7, 11) is 0. The van der Waals surface area contributed by atoms with E-state index in [9.17, 15) is 23.2 Å². The van der Waals surface area contributed by atoms with Crippen LogP contribution in [0.3, 0.4) is 0 Å². The molecule has 0 N–H and O–H groups in total. The van der Waals surface area contributed by atoms with Crippen molar-refractivity contribution in [3.05, 3.63) is 64.7 Å². The van der Waals surface area contributed by atoms with Crippen molar-refractivity contribution < 1.29 is 32.2 Å². The Hall–Kier alpha value is -4.00. The third kappa shape index (κ3) is 3.65. The molecule has 2 heterocycles. The minimum atomic E-state index is -3.74. The molecular weight excluding hydrogens is 439 g/mol. The molecule has 1 aliphatic heterocycles. The lowest BCUT2D eigenvalue weighted by Crippen LogP contribution is -2.25. The van der Waals surface area contributed by atoms with E-state index in [0.717, 1.165) is 0 Å². The van der Waals surface area contributed by atoms with Gasteiger partial charge in [-0.15, -0.1) is 8.78 Å². The summed E-state index contributed by atoms with van der Waals surface area (Å²) in [5, 5.41) is 13.6. The lowest BCUT2D eigenvalue weighted by molar-refractivity contribution is -0.286. The average molecular weight is 455 g/mol. The Morgan fingerprint density at radius 1 is 1.18 bits per heavy atom. The molecule has 0 saturated carbocycles. The highest BCUT2D eigenvalue weighted by atomic mass is 19.3. The van der Waals surface area contributed by atoms with Crippen molar-refractivity contribution in [3.63, 3.8) is 0 Å². The number of ether oxygens (including phenoxy) is 3. The number of fused-ring (bicyclic) bond motifs is 2. The number of halogens is 3. The van der Waals surface area contributed by atoms with E-state index < -0.39 is 18.2 Å². The van der Waals surface area contributed by atoms with E-state index in [0.29, 0.717) is 41.8 Å². The van der Waals surface area contributed by atoms with Crippen LogP contribution in [0.25, 0.3) is 5.69 Å².